The SMILES string of the molecule is CCOC(=O)NC(C)c1ccc(S(C)(=O)=O)cc1. The molecule has 0 heterocycles. The van der Waals surface area contributed by atoms with Crippen molar-refractivity contribution in [1.82, 2.24) is 5.32 Å². The summed E-state index contributed by atoms with van der Waals surface area (Å²) in [6, 6.07) is 6.15. The number of benzene rings is 1. The van der Waals surface area contributed by atoms with E-state index in [0.717, 1.165) is 11.8 Å². The second kappa shape index (κ2) is 5.86. The first-order valence-electron chi connectivity index (χ1n) is 5.58. The molecule has 0 aromatic heterocycles. The van der Waals surface area contributed by atoms with Crippen LogP contribution in [0.15, 0.2) is 29.2 Å². The lowest BCUT2D eigenvalue weighted by Gasteiger charge is -2.14. The Morgan fingerprint density at radius 1 is 1.33 bits per heavy atom. The number of carbonyl (C=O) groups excluding carboxylic acids is 1. The van der Waals surface area contributed by atoms with Gasteiger partial charge in [0.05, 0.1) is 17.5 Å². The Hall–Kier alpha value is -1.56. The predicted molar refractivity (Wildman–Crippen MR) is 68.1 cm³/mol. The minimum absolute atomic E-state index is 0.238. The molecule has 1 aromatic rings. The minimum atomic E-state index is -3.19. The van der Waals surface area contributed by atoms with Gasteiger partial charge in [0.2, 0.25) is 0 Å². The van der Waals surface area contributed by atoms with Crippen molar-refractivity contribution in [3.05, 3.63) is 29.8 Å². The Balaban J connectivity index is 2.76. The van der Waals surface area contributed by atoms with Crippen LogP contribution < -0.4 is 5.32 Å². The number of sulfone groups is 1. The molecular weight excluding hydrogens is 254 g/mol. The van der Waals surface area contributed by atoms with Gasteiger partial charge < -0.3 is 10.1 Å². The van der Waals surface area contributed by atoms with E-state index in [1.165, 1.54) is 12.1 Å². The highest BCUT2D eigenvalue weighted by molar-refractivity contribution is 7.90. The molecule has 18 heavy (non-hydrogen) atoms. The van der Waals surface area contributed by atoms with Crippen LogP contribution in [0, 0.1) is 0 Å². The highest BCUT2D eigenvalue weighted by atomic mass is 32.2. The second-order valence-corrected chi connectivity index (χ2v) is 5.94. The number of amides is 1. The normalized spacial score (nSPS) is 12.8. The van der Waals surface area contributed by atoms with E-state index in [1.807, 2.05) is 0 Å². The van der Waals surface area contributed by atoms with Crippen molar-refractivity contribution in [3.8, 4) is 0 Å². The van der Waals surface area contributed by atoms with Gasteiger partial charge in [-0.1, -0.05) is 12.1 Å². The van der Waals surface area contributed by atoms with Crippen molar-refractivity contribution in [2.75, 3.05) is 12.9 Å². The smallest absolute Gasteiger partial charge is 0.407 e. The fourth-order valence-corrected chi connectivity index (χ4v) is 2.07. The number of hydrogen-bond acceptors (Lipinski definition) is 4. The van der Waals surface area contributed by atoms with Crippen LogP contribution in [0.2, 0.25) is 0 Å². The molecule has 1 aromatic carbocycles. The van der Waals surface area contributed by atoms with Gasteiger partial charge in [-0.25, -0.2) is 13.2 Å². The fraction of sp³-hybridized carbons (Fsp3) is 0.417. The molecule has 0 saturated heterocycles. The molecule has 0 aliphatic carbocycles. The number of rotatable bonds is 4. The molecule has 0 fully saturated rings. The first kappa shape index (κ1) is 14.5. The summed E-state index contributed by atoms with van der Waals surface area (Å²) in [5.74, 6) is 0. The molecule has 0 aliphatic rings. The van der Waals surface area contributed by atoms with Gasteiger partial charge in [0.25, 0.3) is 0 Å². The molecule has 0 bridgehead atoms. The fourth-order valence-electron chi connectivity index (χ4n) is 1.44. The Bertz CT molecular complexity index is 507. The van der Waals surface area contributed by atoms with Crippen molar-refractivity contribution in [1.29, 1.82) is 0 Å². The van der Waals surface area contributed by atoms with Crippen LogP contribution in [0.25, 0.3) is 0 Å². The van der Waals surface area contributed by atoms with Gasteiger partial charge in [-0.2, -0.15) is 0 Å². The van der Waals surface area contributed by atoms with Crippen molar-refractivity contribution in [3.63, 3.8) is 0 Å². The van der Waals surface area contributed by atoms with Crippen LogP contribution in [0.5, 0.6) is 0 Å². The standard InChI is InChI=1S/C12H17NO4S/c1-4-17-12(14)13-9(2)10-5-7-11(8-6-10)18(3,15)16/h5-9H,4H2,1-3H3,(H,13,14). The monoisotopic (exact) mass is 271 g/mol. The summed E-state index contributed by atoms with van der Waals surface area (Å²) in [6.07, 6.45) is 0.666. The van der Waals surface area contributed by atoms with E-state index in [-0.39, 0.29) is 10.9 Å². The zero-order chi connectivity index (χ0) is 13.8. The van der Waals surface area contributed by atoms with Crippen LogP contribution in [-0.2, 0) is 14.6 Å². The zero-order valence-electron chi connectivity index (χ0n) is 10.6. The largest absolute Gasteiger partial charge is 0.450 e. The van der Waals surface area contributed by atoms with E-state index in [1.54, 1.807) is 26.0 Å². The predicted octanol–water partition coefficient (Wildman–Crippen LogP) is 1.90. The molecule has 100 valence electrons. The Kier molecular flexibility index (Phi) is 4.72. The van der Waals surface area contributed by atoms with E-state index < -0.39 is 15.9 Å². The highest BCUT2D eigenvalue weighted by Gasteiger charge is 2.11. The van der Waals surface area contributed by atoms with Crippen molar-refractivity contribution < 1.29 is 17.9 Å². The quantitative estimate of drug-likeness (QED) is 0.907. The number of hydrogen-bond donors (Lipinski definition) is 1. The third-order valence-electron chi connectivity index (χ3n) is 2.42. The van der Waals surface area contributed by atoms with Gasteiger partial charge >= 0.3 is 6.09 Å². The first-order chi connectivity index (χ1) is 8.34. The maximum Gasteiger partial charge on any atom is 0.407 e. The van der Waals surface area contributed by atoms with Crippen LogP contribution in [0.3, 0.4) is 0 Å². The lowest BCUT2D eigenvalue weighted by Crippen LogP contribution is -2.27. The summed E-state index contributed by atoms with van der Waals surface area (Å²) in [4.78, 5) is 11.5. The summed E-state index contributed by atoms with van der Waals surface area (Å²) in [5, 5.41) is 2.64. The van der Waals surface area contributed by atoms with E-state index in [4.69, 9.17) is 4.74 Å². The molecule has 1 atom stereocenters. The molecule has 0 aliphatic heterocycles. The van der Waals surface area contributed by atoms with Gasteiger partial charge in [-0.05, 0) is 31.5 Å². The van der Waals surface area contributed by atoms with Gasteiger partial charge in [0.15, 0.2) is 9.84 Å². The van der Waals surface area contributed by atoms with Gasteiger partial charge in [0, 0.05) is 6.26 Å². The second-order valence-electron chi connectivity index (χ2n) is 3.93. The summed E-state index contributed by atoms with van der Waals surface area (Å²) < 4.78 is 27.3. The summed E-state index contributed by atoms with van der Waals surface area (Å²) in [5.41, 5.74) is 0.815. The lowest BCUT2D eigenvalue weighted by atomic mass is 10.1. The van der Waals surface area contributed by atoms with Crippen LogP contribution in [-0.4, -0.2) is 27.4 Å². The van der Waals surface area contributed by atoms with E-state index in [9.17, 15) is 13.2 Å². The van der Waals surface area contributed by atoms with Gasteiger partial charge in [-0.15, -0.1) is 0 Å². The molecule has 6 heteroatoms. The highest BCUT2D eigenvalue weighted by Crippen LogP contribution is 2.16. The third-order valence-corrected chi connectivity index (χ3v) is 3.55. The number of nitrogens with one attached hydrogen (secondary N) is 1. The zero-order valence-corrected chi connectivity index (χ0v) is 11.5. The average Bonchev–Trinajstić information content (AvgIpc) is 2.28. The Morgan fingerprint density at radius 3 is 2.33 bits per heavy atom. The summed E-state index contributed by atoms with van der Waals surface area (Å²) in [6.45, 7) is 3.84. The molecule has 1 rings (SSSR count). The maximum absolute atomic E-state index is 11.3. The van der Waals surface area contributed by atoms with Crippen LogP contribution in [0.4, 0.5) is 4.79 Å². The molecule has 0 saturated carbocycles. The first-order valence-corrected chi connectivity index (χ1v) is 7.47. The minimum Gasteiger partial charge on any atom is -0.450 e. The van der Waals surface area contributed by atoms with Crippen molar-refractivity contribution in [2.45, 2.75) is 24.8 Å². The molecule has 1 amide bonds. The molecule has 0 spiro atoms. The van der Waals surface area contributed by atoms with E-state index in [2.05, 4.69) is 5.32 Å². The van der Waals surface area contributed by atoms with Crippen LogP contribution in [0.1, 0.15) is 25.5 Å². The maximum atomic E-state index is 11.3. The van der Waals surface area contributed by atoms with Crippen molar-refractivity contribution >= 4 is 15.9 Å². The molecule has 5 nitrogen and oxygen atoms in total. The molecular formula is C12H17NO4S. The number of carbonyl (C=O) groups is 1. The van der Waals surface area contributed by atoms with Crippen molar-refractivity contribution in [2.24, 2.45) is 0 Å². The number of alkyl carbamates (subject to hydrolysis) is 1. The van der Waals surface area contributed by atoms with E-state index >= 15 is 0 Å². The van der Waals surface area contributed by atoms with Gasteiger partial charge in [0.1, 0.15) is 0 Å². The average molecular weight is 271 g/mol. The third kappa shape index (κ3) is 4.03. The molecule has 1 unspecified atom stereocenters. The Morgan fingerprint density at radius 2 is 1.89 bits per heavy atom. The summed E-state index contributed by atoms with van der Waals surface area (Å²) >= 11 is 0. The van der Waals surface area contributed by atoms with Crippen LogP contribution >= 0.6 is 0 Å². The summed E-state index contributed by atoms with van der Waals surface area (Å²) in [7, 11) is -3.19. The topological polar surface area (TPSA) is 72.5 Å². The molecule has 1 N–H and O–H groups in total. The van der Waals surface area contributed by atoms with E-state index in [0.29, 0.717) is 6.61 Å². The molecule has 0 radical (unpaired) electrons. The Labute approximate surface area is 107 Å². The van der Waals surface area contributed by atoms with Gasteiger partial charge in [-0.3, -0.25) is 0 Å². The number of ether oxygens (including phenoxy) is 1. The lowest BCUT2D eigenvalue weighted by molar-refractivity contribution is 0.149.